The van der Waals surface area contributed by atoms with Crippen LogP contribution in [-0.2, 0) is 0 Å². The third-order valence-corrected chi connectivity index (χ3v) is 3.39. The predicted octanol–water partition coefficient (Wildman–Crippen LogP) is 3.56. The van der Waals surface area contributed by atoms with Crippen molar-refractivity contribution >= 4 is 40.5 Å². The van der Waals surface area contributed by atoms with Gasteiger partial charge in [-0.1, -0.05) is 23.2 Å². The van der Waals surface area contributed by atoms with Crippen LogP contribution in [-0.4, -0.2) is 22.9 Å². The molecule has 0 spiro atoms. The molecule has 2 rings (SSSR count). The molecule has 0 saturated carbocycles. The largest absolute Gasteiger partial charge is 0.494 e. The molecule has 0 aliphatic heterocycles. The minimum absolute atomic E-state index is 0.0890. The molecular formula is C13H9Cl2N3O4. The van der Waals surface area contributed by atoms with E-state index in [-0.39, 0.29) is 32.9 Å². The fourth-order valence-electron chi connectivity index (χ4n) is 1.64. The summed E-state index contributed by atoms with van der Waals surface area (Å²) in [7, 11) is 1.34. The summed E-state index contributed by atoms with van der Waals surface area (Å²) < 4.78 is 5.03. The van der Waals surface area contributed by atoms with E-state index < -0.39 is 10.8 Å². The molecule has 0 bridgehead atoms. The van der Waals surface area contributed by atoms with E-state index in [2.05, 4.69) is 10.3 Å². The molecule has 0 unspecified atom stereocenters. The maximum Gasteiger partial charge on any atom is 0.273 e. The lowest BCUT2D eigenvalue weighted by Gasteiger charge is -2.10. The first-order valence-electron chi connectivity index (χ1n) is 5.87. The molecule has 9 heteroatoms. The summed E-state index contributed by atoms with van der Waals surface area (Å²) in [5.74, 6) is -0.339. The Kier molecular flexibility index (Phi) is 4.79. The Morgan fingerprint density at radius 2 is 2.09 bits per heavy atom. The lowest BCUT2D eigenvalue weighted by Crippen LogP contribution is -2.13. The van der Waals surface area contributed by atoms with E-state index in [0.717, 1.165) is 0 Å². The smallest absolute Gasteiger partial charge is 0.273 e. The third kappa shape index (κ3) is 3.44. The minimum atomic E-state index is -0.559. The molecule has 0 fully saturated rings. The Hall–Kier alpha value is -2.38. The lowest BCUT2D eigenvalue weighted by atomic mass is 10.2. The molecule has 1 heterocycles. The molecule has 1 aromatic heterocycles. The fraction of sp³-hybridized carbons (Fsp3) is 0.0769. The number of rotatable bonds is 4. The summed E-state index contributed by atoms with van der Waals surface area (Å²) in [6.45, 7) is 0. The highest BCUT2D eigenvalue weighted by molar-refractivity contribution is 6.41. The zero-order chi connectivity index (χ0) is 16.3. The molecular weight excluding hydrogens is 333 g/mol. The van der Waals surface area contributed by atoms with Gasteiger partial charge in [-0.05, 0) is 12.1 Å². The highest BCUT2D eigenvalue weighted by atomic mass is 35.5. The molecule has 0 aliphatic carbocycles. The Bertz CT molecular complexity index is 752. The Morgan fingerprint density at radius 1 is 1.36 bits per heavy atom. The number of aromatic nitrogens is 1. The SMILES string of the molecule is COc1cc([N+](=O)[O-])ccc1NC(=O)c1cnc(Cl)c(Cl)c1. The molecule has 0 atom stereocenters. The Morgan fingerprint density at radius 3 is 2.68 bits per heavy atom. The van der Waals surface area contributed by atoms with Crippen LogP contribution in [0.1, 0.15) is 10.4 Å². The van der Waals surface area contributed by atoms with Crippen molar-refractivity contribution in [3.05, 3.63) is 56.3 Å². The summed E-state index contributed by atoms with van der Waals surface area (Å²) in [5, 5.41) is 13.5. The van der Waals surface area contributed by atoms with Crippen molar-refractivity contribution in [3.63, 3.8) is 0 Å². The molecule has 22 heavy (non-hydrogen) atoms. The van der Waals surface area contributed by atoms with Crippen LogP contribution in [0.25, 0.3) is 0 Å². The zero-order valence-electron chi connectivity index (χ0n) is 11.2. The van der Waals surface area contributed by atoms with E-state index in [1.807, 2.05) is 0 Å². The lowest BCUT2D eigenvalue weighted by molar-refractivity contribution is -0.384. The molecule has 0 saturated heterocycles. The number of hydrogen-bond acceptors (Lipinski definition) is 5. The van der Waals surface area contributed by atoms with Crippen molar-refractivity contribution in [2.45, 2.75) is 0 Å². The van der Waals surface area contributed by atoms with Crippen LogP contribution in [0.15, 0.2) is 30.5 Å². The van der Waals surface area contributed by atoms with Crippen molar-refractivity contribution in [3.8, 4) is 5.75 Å². The number of benzene rings is 1. The molecule has 0 radical (unpaired) electrons. The first kappa shape index (κ1) is 16.0. The van der Waals surface area contributed by atoms with Gasteiger partial charge in [0.1, 0.15) is 10.9 Å². The van der Waals surface area contributed by atoms with Crippen molar-refractivity contribution in [1.29, 1.82) is 0 Å². The summed E-state index contributed by atoms with van der Waals surface area (Å²) in [4.78, 5) is 26.1. The number of nitro benzene ring substituents is 1. The van der Waals surface area contributed by atoms with Gasteiger partial charge in [0.05, 0.1) is 34.4 Å². The van der Waals surface area contributed by atoms with Gasteiger partial charge >= 0.3 is 0 Å². The highest BCUT2D eigenvalue weighted by Crippen LogP contribution is 2.29. The maximum atomic E-state index is 12.1. The first-order chi connectivity index (χ1) is 10.4. The van der Waals surface area contributed by atoms with Gasteiger partial charge in [-0.2, -0.15) is 0 Å². The van der Waals surface area contributed by atoms with Gasteiger partial charge in [0, 0.05) is 12.3 Å². The van der Waals surface area contributed by atoms with Gasteiger partial charge in [-0.3, -0.25) is 14.9 Å². The number of hydrogen-bond donors (Lipinski definition) is 1. The predicted molar refractivity (Wildman–Crippen MR) is 81.9 cm³/mol. The number of pyridine rings is 1. The Balaban J connectivity index is 2.27. The number of non-ortho nitro benzene ring substituents is 1. The van der Waals surface area contributed by atoms with Gasteiger partial charge in [0.25, 0.3) is 11.6 Å². The van der Waals surface area contributed by atoms with E-state index in [0.29, 0.717) is 0 Å². The summed E-state index contributed by atoms with van der Waals surface area (Å²) in [6, 6.07) is 5.21. The number of nitro groups is 1. The van der Waals surface area contributed by atoms with E-state index in [1.54, 1.807) is 0 Å². The number of halogens is 2. The van der Waals surface area contributed by atoms with Gasteiger partial charge in [0.2, 0.25) is 0 Å². The third-order valence-electron chi connectivity index (χ3n) is 2.70. The number of anilines is 1. The highest BCUT2D eigenvalue weighted by Gasteiger charge is 2.15. The molecule has 0 aliphatic rings. The molecule has 1 N–H and O–H groups in total. The molecule has 1 amide bonds. The van der Waals surface area contributed by atoms with Crippen LogP contribution < -0.4 is 10.1 Å². The monoisotopic (exact) mass is 341 g/mol. The maximum absolute atomic E-state index is 12.1. The molecule has 7 nitrogen and oxygen atoms in total. The number of methoxy groups -OCH3 is 1. The van der Waals surface area contributed by atoms with Crippen LogP contribution in [0.4, 0.5) is 11.4 Å². The van der Waals surface area contributed by atoms with E-state index >= 15 is 0 Å². The quantitative estimate of drug-likeness (QED) is 0.521. The number of nitrogens with one attached hydrogen (secondary N) is 1. The second kappa shape index (κ2) is 6.59. The van der Waals surface area contributed by atoms with Crippen molar-refractivity contribution in [2.24, 2.45) is 0 Å². The van der Waals surface area contributed by atoms with Crippen LogP contribution in [0.3, 0.4) is 0 Å². The van der Waals surface area contributed by atoms with Crippen molar-refractivity contribution in [2.75, 3.05) is 12.4 Å². The van der Waals surface area contributed by atoms with Gasteiger partial charge in [0.15, 0.2) is 0 Å². The van der Waals surface area contributed by atoms with Crippen LogP contribution in [0.2, 0.25) is 10.2 Å². The summed E-state index contributed by atoms with van der Waals surface area (Å²) in [5.41, 5.74) is 0.324. The minimum Gasteiger partial charge on any atom is -0.494 e. The summed E-state index contributed by atoms with van der Waals surface area (Å²) in [6.07, 6.45) is 1.27. The average Bonchev–Trinajstić information content (AvgIpc) is 2.50. The number of ether oxygens (including phenoxy) is 1. The van der Waals surface area contributed by atoms with E-state index in [1.165, 1.54) is 37.6 Å². The normalized spacial score (nSPS) is 10.1. The van der Waals surface area contributed by atoms with Gasteiger partial charge in [-0.15, -0.1) is 0 Å². The van der Waals surface area contributed by atoms with Gasteiger partial charge < -0.3 is 10.1 Å². The van der Waals surface area contributed by atoms with Crippen LogP contribution in [0.5, 0.6) is 5.75 Å². The number of nitrogens with zero attached hydrogens (tertiary/aromatic N) is 2. The van der Waals surface area contributed by atoms with Crippen molar-refractivity contribution in [1.82, 2.24) is 4.98 Å². The van der Waals surface area contributed by atoms with Gasteiger partial charge in [-0.25, -0.2) is 4.98 Å². The van der Waals surface area contributed by atoms with Crippen LogP contribution in [0, 0.1) is 10.1 Å². The second-order valence-corrected chi connectivity index (χ2v) is 4.86. The summed E-state index contributed by atoms with van der Waals surface area (Å²) >= 11 is 11.5. The standard InChI is InChI=1S/C13H9Cl2N3O4/c1-22-11-5-8(18(20)21)2-3-10(11)17-13(19)7-4-9(14)12(15)16-6-7/h2-6H,1H3,(H,17,19). The number of carbonyl (C=O) groups is 1. The van der Waals surface area contributed by atoms with E-state index in [9.17, 15) is 14.9 Å². The fourth-order valence-corrected chi connectivity index (χ4v) is 1.91. The number of amides is 1. The molecule has 2 aromatic rings. The Labute approximate surface area is 135 Å². The van der Waals surface area contributed by atoms with E-state index in [4.69, 9.17) is 27.9 Å². The first-order valence-corrected chi connectivity index (χ1v) is 6.63. The zero-order valence-corrected chi connectivity index (χ0v) is 12.7. The van der Waals surface area contributed by atoms with Crippen LogP contribution >= 0.6 is 23.2 Å². The number of carbonyl (C=O) groups excluding carboxylic acids is 1. The average molecular weight is 342 g/mol. The topological polar surface area (TPSA) is 94.4 Å². The molecule has 1 aromatic carbocycles. The molecule has 114 valence electrons. The van der Waals surface area contributed by atoms with Crippen molar-refractivity contribution < 1.29 is 14.5 Å². The second-order valence-electron chi connectivity index (χ2n) is 4.09.